The Balaban J connectivity index is 1.48. The summed E-state index contributed by atoms with van der Waals surface area (Å²) < 4.78 is 0. The van der Waals surface area contributed by atoms with E-state index in [-0.39, 0.29) is 11.9 Å². The monoisotopic (exact) mass is 270 g/mol. The first-order valence-corrected chi connectivity index (χ1v) is 7.96. The van der Waals surface area contributed by atoms with Gasteiger partial charge >= 0.3 is 0 Å². The van der Waals surface area contributed by atoms with Gasteiger partial charge in [0.1, 0.15) is 0 Å². The Kier molecular flexibility index (Phi) is 3.03. The predicted octanol–water partition coefficient (Wildman–Crippen LogP) is 2.72. The molecule has 2 fully saturated rings. The van der Waals surface area contributed by atoms with Crippen LogP contribution in [0.4, 0.5) is 5.69 Å². The molecule has 3 nitrogen and oxygen atoms in total. The van der Waals surface area contributed by atoms with Crippen LogP contribution in [0.5, 0.6) is 0 Å². The molecule has 1 aromatic carbocycles. The Labute approximate surface area is 120 Å². The van der Waals surface area contributed by atoms with Gasteiger partial charge in [-0.1, -0.05) is 18.2 Å². The summed E-state index contributed by atoms with van der Waals surface area (Å²) in [6, 6.07) is 8.74. The van der Waals surface area contributed by atoms with Gasteiger partial charge in [0, 0.05) is 11.7 Å². The molecule has 1 aliphatic heterocycles. The third-order valence-electron chi connectivity index (χ3n) is 4.95. The maximum atomic E-state index is 12.4. The fourth-order valence-electron chi connectivity index (χ4n) is 3.47. The summed E-state index contributed by atoms with van der Waals surface area (Å²) in [5.74, 6) is 1.82. The van der Waals surface area contributed by atoms with Gasteiger partial charge in [0.25, 0.3) is 0 Å². The third-order valence-corrected chi connectivity index (χ3v) is 4.95. The smallest absolute Gasteiger partial charge is 0.241 e. The summed E-state index contributed by atoms with van der Waals surface area (Å²) in [6.45, 7) is 0. The lowest BCUT2D eigenvalue weighted by Gasteiger charge is -2.24. The zero-order chi connectivity index (χ0) is 13.5. The highest BCUT2D eigenvalue weighted by Crippen LogP contribution is 2.44. The molecule has 3 aliphatic rings. The van der Waals surface area contributed by atoms with E-state index in [1.54, 1.807) is 0 Å². The number of carbonyl (C=O) groups is 1. The van der Waals surface area contributed by atoms with Gasteiger partial charge in [0.05, 0.1) is 6.04 Å². The van der Waals surface area contributed by atoms with Crippen LogP contribution in [0.15, 0.2) is 24.3 Å². The summed E-state index contributed by atoms with van der Waals surface area (Å²) in [5.41, 5.74) is 2.26. The molecular weight excluding hydrogens is 248 g/mol. The van der Waals surface area contributed by atoms with Crippen molar-refractivity contribution in [2.24, 2.45) is 11.8 Å². The Morgan fingerprint density at radius 3 is 2.45 bits per heavy atom. The molecule has 1 amide bonds. The molecule has 1 heterocycles. The third kappa shape index (κ3) is 2.47. The average molecular weight is 270 g/mol. The van der Waals surface area contributed by atoms with Gasteiger partial charge in [-0.05, 0) is 62.0 Å². The van der Waals surface area contributed by atoms with Crippen LogP contribution in [0.2, 0.25) is 0 Å². The maximum Gasteiger partial charge on any atom is 0.241 e. The van der Waals surface area contributed by atoms with Crippen LogP contribution in [0, 0.1) is 11.8 Å². The van der Waals surface area contributed by atoms with E-state index >= 15 is 0 Å². The van der Waals surface area contributed by atoms with Crippen molar-refractivity contribution in [3.05, 3.63) is 29.8 Å². The van der Waals surface area contributed by atoms with E-state index in [0.717, 1.165) is 30.4 Å². The number of benzene rings is 1. The molecule has 106 valence electrons. The Morgan fingerprint density at radius 1 is 1.05 bits per heavy atom. The SMILES string of the molecule is O=C1Nc2ccccc2CCC1NC(C1CC1)C1CC1. The first kappa shape index (κ1) is 12.4. The van der Waals surface area contributed by atoms with Crippen molar-refractivity contribution in [1.82, 2.24) is 5.32 Å². The number of anilines is 1. The van der Waals surface area contributed by atoms with Crippen molar-refractivity contribution in [3.63, 3.8) is 0 Å². The number of nitrogens with one attached hydrogen (secondary N) is 2. The normalized spacial score (nSPS) is 26.1. The first-order chi connectivity index (χ1) is 9.81. The molecule has 3 heteroatoms. The van der Waals surface area contributed by atoms with Gasteiger partial charge in [-0.15, -0.1) is 0 Å². The molecule has 0 spiro atoms. The zero-order valence-electron chi connectivity index (χ0n) is 11.8. The lowest BCUT2D eigenvalue weighted by molar-refractivity contribution is -0.118. The van der Waals surface area contributed by atoms with Crippen LogP contribution in [-0.2, 0) is 11.2 Å². The van der Waals surface area contributed by atoms with E-state index in [1.165, 1.54) is 31.2 Å². The second-order valence-electron chi connectivity index (χ2n) is 6.60. The lowest BCUT2D eigenvalue weighted by atomic mass is 10.0. The fraction of sp³-hybridized carbons (Fsp3) is 0.588. The number of carbonyl (C=O) groups excluding carboxylic acids is 1. The van der Waals surface area contributed by atoms with Crippen LogP contribution in [0.3, 0.4) is 0 Å². The van der Waals surface area contributed by atoms with Crippen LogP contribution >= 0.6 is 0 Å². The highest BCUT2D eigenvalue weighted by molar-refractivity contribution is 5.96. The number of rotatable bonds is 4. The van der Waals surface area contributed by atoms with Gasteiger partial charge in [-0.25, -0.2) is 0 Å². The number of aryl methyl sites for hydroxylation is 1. The lowest BCUT2D eigenvalue weighted by Crippen LogP contribution is -2.47. The first-order valence-electron chi connectivity index (χ1n) is 7.96. The molecule has 0 radical (unpaired) electrons. The summed E-state index contributed by atoms with van der Waals surface area (Å²) in [4.78, 5) is 12.4. The zero-order valence-corrected chi connectivity index (χ0v) is 11.8. The van der Waals surface area contributed by atoms with Gasteiger partial charge in [-0.2, -0.15) is 0 Å². The standard InChI is InChI=1S/C17H22N2O/c20-17-15(18-16(12-5-6-12)13-7-8-13)10-9-11-3-1-2-4-14(11)19-17/h1-4,12-13,15-16,18H,5-10H2,(H,19,20). The van der Waals surface area contributed by atoms with Crippen molar-refractivity contribution in [2.45, 2.75) is 50.6 Å². The molecule has 20 heavy (non-hydrogen) atoms. The van der Waals surface area contributed by atoms with Gasteiger partial charge in [0.15, 0.2) is 0 Å². The minimum atomic E-state index is -0.0198. The minimum Gasteiger partial charge on any atom is -0.324 e. The van der Waals surface area contributed by atoms with E-state index in [4.69, 9.17) is 0 Å². The largest absolute Gasteiger partial charge is 0.324 e. The van der Waals surface area contributed by atoms with E-state index in [1.807, 2.05) is 12.1 Å². The summed E-state index contributed by atoms with van der Waals surface area (Å²) in [6.07, 6.45) is 7.30. The van der Waals surface area contributed by atoms with Crippen molar-refractivity contribution in [3.8, 4) is 0 Å². The van der Waals surface area contributed by atoms with Crippen molar-refractivity contribution < 1.29 is 4.79 Å². The van der Waals surface area contributed by atoms with E-state index in [0.29, 0.717) is 6.04 Å². The van der Waals surface area contributed by atoms with Gasteiger partial charge in [-0.3, -0.25) is 4.79 Å². The van der Waals surface area contributed by atoms with Crippen LogP contribution < -0.4 is 10.6 Å². The molecule has 0 bridgehead atoms. The highest BCUT2D eigenvalue weighted by atomic mass is 16.2. The molecule has 0 aromatic heterocycles. The molecular formula is C17H22N2O. The number of para-hydroxylation sites is 1. The second-order valence-corrected chi connectivity index (χ2v) is 6.60. The molecule has 4 rings (SSSR count). The molecule has 1 aromatic rings. The van der Waals surface area contributed by atoms with E-state index in [2.05, 4.69) is 22.8 Å². The number of amides is 1. The topological polar surface area (TPSA) is 41.1 Å². The number of fused-ring (bicyclic) bond motifs is 1. The van der Waals surface area contributed by atoms with Crippen LogP contribution in [0.1, 0.15) is 37.7 Å². The van der Waals surface area contributed by atoms with E-state index < -0.39 is 0 Å². The molecule has 2 N–H and O–H groups in total. The molecule has 2 aliphatic carbocycles. The molecule has 0 saturated heterocycles. The summed E-state index contributed by atoms with van der Waals surface area (Å²) in [7, 11) is 0. The summed E-state index contributed by atoms with van der Waals surface area (Å²) in [5, 5.41) is 6.79. The quantitative estimate of drug-likeness (QED) is 0.883. The van der Waals surface area contributed by atoms with Crippen molar-refractivity contribution in [2.75, 3.05) is 5.32 Å². The summed E-state index contributed by atoms with van der Waals surface area (Å²) >= 11 is 0. The van der Waals surface area contributed by atoms with E-state index in [9.17, 15) is 4.79 Å². The second kappa shape index (κ2) is 4.88. The predicted molar refractivity (Wildman–Crippen MR) is 79.6 cm³/mol. The van der Waals surface area contributed by atoms with Gasteiger partial charge in [0.2, 0.25) is 5.91 Å². The molecule has 1 atom stereocenters. The van der Waals surface area contributed by atoms with Crippen molar-refractivity contribution in [1.29, 1.82) is 0 Å². The van der Waals surface area contributed by atoms with Crippen molar-refractivity contribution >= 4 is 11.6 Å². The Bertz CT molecular complexity index is 507. The highest BCUT2D eigenvalue weighted by Gasteiger charge is 2.43. The maximum absolute atomic E-state index is 12.4. The number of hydrogen-bond donors (Lipinski definition) is 2. The number of hydrogen-bond acceptors (Lipinski definition) is 2. The molecule has 1 unspecified atom stereocenters. The van der Waals surface area contributed by atoms with Crippen LogP contribution in [0.25, 0.3) is 0 Å². The van der Waals surface area contributed by atoms with Crippen LogP contribution in [-0.4, -0.2) is 18.0 Å². The average Bonchev–Trinajstić information content (AvgIpc) is 3.31. The Morgan fingerprint density at radius 2 is 1.75 bits per heavy atom. The minimum absolute atomic E-state index is 0.0198. The fourth-order valence-corrected chi connectivity index (χ4v) is 3.47. The molecule has 2 saturated carbocycles. The van der Waals surface area contributed by atoms with Gasteiger partial charge < -0.3 is 10.6 Å². The Hall–Kier alpha value is -1.35.